The Morgan fingerprint density at radius 1 is 1.11 bits per heavy atom. The molecule has 100 valence electrons. The minimum Gasteiger partial charge on any atom is -0.481 e. The van der Waals surface area contributed by atoms with Crippen LogP contribution in [0.5, 0.6) is 0 Å². The molecule has 3 heteroatoms. The van der Waals surface area contributed by atoms with E-state index in [2.05, 4.69) is 39.1 Å². The fraction of sp³-hybridized carbons (Fsp3) is 0.533. The summed E-state index contributed by atoms with van der Waals surface area (Å²) >= 11 is 0. The zero-order valence-corrected chi connectivity index (χ0v) is 11.8. The molecule has 3 nitrogen and oxygen atoms in total. The summed E-state index contributed by atoms with van der Waals surface area (Å²) in [5, 5.41) is 12.0. The lowest BCUT2D eigenvalue weighted by Crippen LogP contribution is -2.07. The predicted molar refractivity (Wildman–Crippen MR) is 75.4 cm³/mol. The second kappa shape index (κ2) is 6.43. The van der Waals surface area contributed by atoms with Gasteiger partial charge in [-0.2, -0.15) is 0 Å². The first-order valence-corrected chi connectivity index (χ1v) is 6.46. The lowest BCUT2D eigenvalue weighted by Gasteiger charge is -2.17. The molecule has 0 spiro atoms. The van der Waals surface area contributed by atoms with Gasteiger partial charge in [-0.05, 0) is 62.8 Å². The third-order valence-electron chi connectivity index (χ3n) is 3.49. The highest BCUT2D eigenvalue weighted by Crippen LogP contribution is 2.26. The second-order valence-electron chi connectivity index (χ2n) is 4.91. The molecule has 1 aromatic carbocycles. The van der Waals surface area contributed by atoms with Gasteiger partial charge in [-0.1, -0.05) is 6.07 Å². The van der Waals surface area contributed by atoms with Crippen molar-refractivity contribution < 1.29 is 9.90 Å². The van der Waals surface area contributed by atoms with E-state index < -0.39 is 5.97 Å². The first-order chi connectivity index (χ1) is 8.43. The Hall–Kier alpha value is -1.51. The molecule has 0 aliphatic carbocycles. The van der Waals surface area contributed by atoms with Gasteiger partial charge in [-0.15, -0.1) is 0 Å². The minimum atomic E-state index is -0.714. The van der Waals surface area contributed by atoms with Crippen LogP contribution in [-0.4, -0.2) is 17.6 Å². The van der Waals surface area contributed by atoms with Crippen LogP contribution in [0.15, 0.2) is 6.07 Å². The van der Waals surface area contributed by atoms with E-state index in [1.165, 1.54) is 27.9 Å². The van der Waals surface area contributed by atoms with Crippen LogP contribution in [-0.2, 0) is 4.79 Å². The normalized spacial score (nSPS) is 10.4. The number of hydrogen-bond donors (Lipinski definition) is 2. The van der Waals surface area contributed by atoms with Gasteiger partial charge >= 0.3 is 5.97 Å². The Labute approximate surface area is 109 Å². The van der Waals surface area contributed by atoms with Crippen LogP contribution in [0.1, 0.15) is 41.5 Å². The molecule has 0 saturated carbocycles. The average molecular weight is 249 g/mol. The Balaban J connectivity index is 2.59. The maximum Gasteiger partial charge on any atom is 0.303 e. The molecule has 0 heterocycles. The number of aliphatic carboxylic acids is 1. The van der Waals surface area contributed by atoms with Crippen molar-refractivity contribution in [2.24, 2.45) is 0 Å². The fourth-order valence-electron chi connectivity index (χ4n) is 2.10. The van der Waals surface area contributed by atoms with Crippen molar-refractivity contribution in [2.75, 3.05) is 11.9 Å². The number of aryl methyl sites for hydroxylation is 2. The van der Waals surface area contributed by atoms with Crippen LogP contribution in [0.2, 0.25) is 0 Å². The molecule has 18 heavy (non-hydrogen) atoms. The van der Waals surface area contributed by atoms with Crippen LogP contribution in [0.3, 0.4) is 0 Å². The molecule has 0 saturated heterocycles. The summed E-state index contributed by atoms with van der Waals surface area (Å²) in [6.07, 6.45) is 1.87. The number of carboxylic acid groups (broad SMARTS) is 1. The summed E-state index contributed by atoms with van der Waals surface area (Å²) in [5.74, 6) is -0.714. The van der Waals surface area contributed by atoms with Crippen LogP contribution in [0.25, 0.3) is 0 Å². The Morgan fingerprint density at radius 3 is 2.17 bits per heavy atom. The van der Waals surface area contributed by atoms with Crippen molar-refractivity contribution >= 4 is 11.7 Å². The van der Waals surface area contributed by atoms with E-state index in [0.29, 0.717) is 0 Å². The van der Waals surface area contributed by atoms with Crippen molar-refractivity contribution in [1.82, 2.24) is 0 Å². The van der Waals surface area contributed by atoms with Crippen molar-refractivity contribution in [3.05, 3.63) is 28.3 Å². The fourth-order valence-corrected chi connectivity index (χ4v) is 2.10. The standard InChI is InChI=1S/C15H23NO2/c1-10-9-11(2)13(4)15(12(10)3)16-8-6-5-7-14(17)18/h9,16H,5-8H2,1-4H3,(H,17,18). The second-order valence-corrected chi connectivity index (χ2v) is 4.91. The van der Waals surface area contributed by atoms with Crippen LogP contribution < -0.4 is 5.32 Å². The monoisotopic (exact) mass is 249 g/mol. The highest BCUT2D eigenvalue weighted by Gasteiger charge is 2.07. The van der Waals surface area contributed by atoms with E-state index >= 15 is 0 Å². The van der Waals surface area contributed by atoms with Gasteiger partial charge in [0.15, 0.2) is 0 Å². The van der Waals surface area contributed by atoms with E-state index in [1.807, 2.05) is 0 Å². The summed E-state index contributed by atoms with van der Waals surface area (Å²) < 4.78 is 0. The molecular formula is C15H23NO2. The number of benzene rings is 1. The van der Waals surface area contributed by atoms with Crippen molar-refractivity contribution in [1.29, 1.82) is 0 Å². The summed E-state index contributed by atoms with van der Waals surface area (Å²) in [5.41, 5.74) is 6.38. The molecule has 1 aromatic rings. The molecule has 0 atom stereocenters. The van der Waals surface area contributed by atoms with Gasteiger partial charge in [0.2, 0.25) is 0 Å². The molecule has 0 aliphatic heterocycles. The third-order valence-corrected chi connectivity index (χ3v) is 3.49. The topological polar surface area (TPSA) is 49.3 Å². The SMILES string of the molecule is Cc1cc(C)c(C)c(NCCCCC(=O)O)c1C. The molecule has 2 N–H and O–H groups in total. The number of hydrogen-bond acceptors (Lipinski definition) is 2. The largest absolute Gasteiger partial charge is 0.481 e. The maximum atomic E-state index is 10.4. The van der Waals surface area contributed by atoms with Crippen molar-refractivity contribution in [2.45, 2.75) is 47.0 Å². The quantitative estimate of drug-likeness (QED) is 0.757. The van der Waals surface area contributed by atoms with Gasteiger partial charge in [0.05, 0.1) is 0 Å². The highest BCUT2D eigenvalue weighted by atomic mass is 16.4. The molecular weight excluding hydrogens is 226 g/mol. The van der Waals surface area contributed by atoms with E-state index in [0.717, 1.165) is 19.4 Å². The van der Waals surface area contributed by atoms with Crippen LogP contribution in [0.4, 0.5) is 5.69 Å². The first-order valence-electron chi connectivity index (χ1n) is 6.46. The van der Waals surface area contributed by atoms with E-state index in [1.54, 1.807) is 0 Å². The summed E-state index contributed by atoms with van der Waals surface area (Å²) in [6, 6.07) is 2.21. The predicted octanol–water partition coefficient (Wildman–Crippen LogP) is 3.59. The number of nitrogens with one attached hydrogen (secondary N) is 1. The number of carboxylic acids is 1. The Bertz CT molecular complexity index is 412. The molecule has 0 radical (unpaired) electrons. The van der Waals surface area contributed by atoms with Crippen molar-refractivity contribution in [3.63, 3.8) is 0 Å². The zero-order chi connectivity index (χ0) is 13.7. The van der Waals surface area contributed by atoms with Gasteiger partial charge < -0.3 is 10.4 Å². The average Bonchev–Trinajstić information content (AvgIpc) is 2.30. The molecule has 0 aliphatic rings. The van der Waals surface area contributed by atoms with Gasteiger partial charge in [0.1, 0.15) is 0 Å². The lowest BCUT2D eigenvalue weighted by molar-refractivity contribution is -0.137. The number of anilines is 1. The number of carbonyl (C=O) groups is 1. The number of unbranched alkanes of at least 4 members (excludes halogenated alkanes) is 1. The molecule has 0 bridgehead atoms. The molecule has 0 fully saturated rings. The van der Waals surface area contributed by atoms with Crippen LogP contribution >= 0.6 is 0 Å². The molecule has 0 amide bonds. The lowest BCUT2D eigenvalue weighted by atomic mass is 9.98. The third kappa shape index (κ3) is 3.76. The molecule has 0 aromatic heterocycles. The smallest absolute Gasteiger partial charge is 0.303 e. The first kappa shape index (κ1) is 14.6. The highest BCUT2D eigenvalue weighted by molar-refractivity contribution is 5.66. The molecule has 0 unspecified atom stereocenters. The minimum absolute atomic E-state index is 0.256. The zero-order valence-electron chi connectivity index (χ0n) is 11.8. The van der Waals surface area contributed by atoms with Gasteiger partial charge in [-0.25, -0.2) is 0 Å². The van der Waals surface area contributed by atoms with E-state index in [-0.39, 0.29) is 6.42 Å². The van der Waals surface area contributed by atoms with E-state index in [9.17, 15) is 4.79 Å². The number of rotatable bonds is 6. The Kier molecular flexibility index (Phi) is 5.20. The maximum absolute atomic E-state index is 10.4. The molecule has 1 rings (SSSR count). The van der Waals surface area contributed by atoms with E-state index in [4.69, 9.17) is 5.11 Å². The van der Waals surface area contributed by atoms with Crippen molar-refractivity contribution in [3.8, 4) is 0 Å². The summed E-state index contributed by atoms with van der Waals surface area (Å²) in [7, 11) is 0. The van der Waals surface area contributed by atoms with Crippen LogP contribution in [0, 0.1) is 27.7 Å². The summed E-state index contributed by atoms with van der Waals surface area (Å²) in [6.45, 7) is 9.33. The Morgan fingerprint density at radius 2 is 1.67 bits per heavy atom. The summed E-state index contributed by atoms with van der Waals surface area (Å²) in [4.78, 5) is 10.4. The van der Waals surface area contributed by atoms with Gasteiger partial charge in [0.25, 0.3) is 0 Å². The van der Waals surface area contributed by atoms with Gasteiger partial charge in [0, 0.05) is 18.7 Å². The van der Waals surface area contributed by atoms with Gasteiger partial charge in [-0.3, -0.25) is 4.79 Å².